The van der Waals surface area contributed by atoms with Crippen LogP contribution in [0.5, 0.6) is 0 Å². The summed E-state index contributed by atoms with van der Waals surface area (Å²) in [6, 6.07) is 4.63. The molecular formula is C25H33F3N6. The number of hydrogen-bond acceptors (Lipinski definition) is 5. The fourth-order valence-corrected chi connectivity index (χ4v) is 6.95. The molecule has 2 N–H and O–H groups in total. The average Bonchev–Trinajstić information content (AvgIpc) is 3.26. The molecule has 0 bridgehead atoms. The van der Waals surface area contributed by atoms with E-state index in [1.165, 1.54) is 58.1 Å². The van der Waals surface area contributed by atoms with Gasteiger partial charge in [-0.2, -0.15) is 18.3 Å². The number of rotatable bonds is 4. The second-order valence-electron chi connectivity index (χ2n) is 11.0. The van der Waals surface area contributed by atoms with Gasteiger partial charge in [-0.3, -0.25) is 14.5 Å². The van der Waals surface area contributed by atoms with Crippen molar-refractivity contribution in [3.05, 3.63) is 29.6 Å². The average molecular weight is 475 g/mol. The van der Waals surface area contributed by atoms with Gasteiger partial charge in [0.15, 0.2) is 0 Å². The Hall–Kier alpha value is -2.13. The van der Waals surface area contributed by atoms with Crippen LogP contribution >= 0.6 is 0 Å². The summed E-state index contributed by atoms with van der Waals surface area (Å²) in [6.07, 6.45) is 1.98. The van der Waals surface area contributed by atoms with E-state index in [2.05, 4.69) is 28.6 Å². The van der Waals surface area contributed by atoms with E-state index in [0.29, 0.717) is 35.1 Å². The SMILES string of the molecule is CC(C)n1nc(-c2cnc(N)c(C(F)(F)F)c2)cc1C1[C@H]2C[C@@H](N3CCN4CCCC4C3)C[C@@H]12. The number of nitrogen functional groups attached to an aromatic ring is 1. The van der Waals surface area contributed by atoms with E-state index in [-0.39, 0.29) is 6.04 Å². The van der Waals surface area contributed by atoms with Crippen molar-refractivity contribution >= 4 is 5.82 Å². The summed E-state index contributed by atoms with van der Waals surface area (Å²) < 4.78 is 42.1. The first-order valence-electron chi connectivity index (χ1n) is 12.6. The van der Waals surface area contributed by atoms with Crippen LogP contribution in [0.2, 0.25) is 0 Å². The Kier molecular flexibility index (Phi) is 5.22. The van der Waals surface area contributed by atoms with E-state index in [1.807, 2.05) is 10.7 Å². The molecule has 2 aliphatic carbocycles. The number of pyridine rings is 1. The van der Waals surface area contributed by atoms with Gasteiger partial charge < -0.3 is 5.73 Å². The van der Waals surface area contributed by atoms with Gasteiger partial charge in [0, 0.05) is 61.1 Å². The van der Waals surface area contributed by atoms with Gasteiger partial charge in [0.2, 0.25) is 0 Å². The van der Waals surface area contributed by atoms with Gasteiger partial charge in [0.25, 0.3) is 0 Å². The molecule has 5 atom stereocenters. The van der Waals surface area contributed by atoms with Gasteiger partial charge in [-0.25, -0.2) is 4.98 Å². The molecule has 2 aromatic heterocycles. The minimum absolute atomic E-state index is 0.139. The van der Waals surface area contributed by atoms with Gasteiger partial charge in [-0.1, -0.05) is 0 Å². The fraction of sp³-hybridized carbons (Fsp3) is 0.680. The summed E-state index contributed by atoms with van der Waals surface area (Å²) >= 11 is 0. The Morgan fingerprint density at radius 1 is 1.03 bits per heavy atom. The first-order chi connectivity index (χ1) is 16.2. The van der Waals surface area contributed by atoms with Gasteiger partial charge in [-0.15, -0.1) is 0 Å². The van der Waals surface area contributed by atoms with Crippen molar-refractivity contribution in [2.45, 2.75) is 69.8 Å². The molecule has 6 nitrogen and oxygen atoms in total. The van der Waals surface area contributed by atoms with E-state index < -0.39 is 17.6 Å². The lowest BCUT2D eigenvalue weighted by Gasteiger charge is -2.41. The van der Waals surface area contributed by atoms with Crippen molar-refractivity contribution in [1.82, 2.24) is 24.6 Å². The smallest absolute Gasteiger partial charge is 0.383 e. The fourth-order valence-electron chi connectivity index (χ4n) is 6.95. The summed E-state index contributed by atoms with van der Waals surface area (Å²) in [5, 5.41) is 4.72. The maximum absolute atomic E-state index is 13.4. The van der Waals surface area contributed by atoms with Crippen LogP contribution in [0, 0.1) is 11.8 Å². The van der Waals surface area contributed by atoms with E-state index in [9.17, 15) is 13.2 Å². The molecule has 0 spiro atoms. The van der Waals surface area contributed by atoms with Crippen molar-refractivity contribution in [3.63, 3.8) is 0 Å². The number of alkyl halides is 3. The Morgan fingerprint density at radius 2 is 1.76 bits per heavy atom. The molecule has 2 unspecified atom stereocenters. The van der Waals surface area contributed by atoms with Crippen LogP contribution in [0.4, 0.5) is 19.0 Å². The van der Waals surface area contributed by atoms with Crippen LogP contribution in [-0.4, -0.2) is 62.8 Å². The highest BCUT2D eigenvalue weighted by molar-refractivity contribution is 5.63. The molecule has 0 radical (unpaired) electrons. The third kappa shape index (κ3) is 3.71. The second kappa shape index (κ2) is 7.95. The van der Waals surface area contributed by atoms with Gasteiger partial charge in [0.1, 0.15) is 5.82 Å². The molecule has 2 saturated carbocycles. The third-order valence-electron chi connectivity index (χ3n) is 8.67. The van der Waals surface area contributed by atoms with Crippen LogP contribution < -0.4 is 5.73 Å². The predicted octanol–water partition coefficient (Wildman–Crippen LogP) is 4.40. The van der Waals surface area contributed by atoms with Gasteiger partial charge in [0.05, 0.1) is 11.3 Å². The van der Waals surface area contributed by atoms with E-state index in [1.54, 1.807) is 0 Å². The van der Waals surface area contributed by atoms with Crippen LogP contribution in [0.25, 0.3) is 11.3 Å². The first kappa shape index (κ1) is 22.3. The Labute approximate surface area is 198 Å². The van der Waals surface area contributed by atoms with Crippen LogP contribution in [0.15, 0.2) is 18.3 Å². The van der Waals surface area contributed by atoms with Crippen molar-refractivity contribution in [1.29, 1.82) is 0 Å². The summed E-state index contributed by atoms with van der Waals surface area (Å²) in [4.78, 5) is 9.20. The van der Waals surface area contributed by atoms with Crippen molar-refractivity contribution < 1.29 is 13.2 Å². The quantitative estimate of drug-likeness (QED) is 0.712. The van der Waals surface area contributed by atoms with Crippen molar-refractivity contribution in [3.8, 4) is 11.3 Å². The molecule has 2 saturated heterocycles. The Morgan fingerprint density at radius 3 is 2.47 bits per heavy atom. The minimum Gasteiger partial charge on any atom is -0.383 e. The van der Waals surface area contributed by atoms with Crippen molar-refractivity contribution in [2.24, 2.45) is 11.8 Å². The zero-order valence-electron chi connectivity index (χ0n) is 19.8. The number of nitrogens with two attached hydrogens (primary N) is 1. The molecular weight excluding hydrogens is 441 g/mol. The standard InChI is InChI=1S/C25H33F3N6/c1-14(2)34-22(11-21(31-34)15-8-20(25(26,27)28)24(29)30-12-15)23-18-9-17(10-19(18)23)33-7-6-32-5-3-4-16(32)13-33/h8,11-12,14,16-19,23H,3-7,9-10,13H2,1-2H3,(H2,29,30)/t16?,17-,18+,19-,23?. The van der Waals surface area contributed by atoms with E-state index >= 15 is 0 Å². The summed E-state index contributed by atoms with van der Waals surface area (Å²) in [5.74, 6) is 1.27. The molecule has 2 aliphatic heterocycles. The lowest BCUT2D eigenvalue weighted by atomic mass is 10.0. The van der Waals surface area contributed by atoms with Crippen LogP contribution in [-0.2, 0) is 6.18 Å². The molecule has 6 rings (SSSR count). The van der Waals surface area contributed by atoms with Crippen LogP contribution in [0.1, 0.15) is 62.7 Å². The Balaban J connectivity index is 1.20. The Bertz CT molecular complexity index is 1070. The molecule has 4 fully saturated rings. The largest absolute Gasteiger partial charge is 0.419 e. The number of aromatic nitrogens is 3. The molecule has 0 aromatic carbocycles. The number of piperazine rings is 1. The normalized spacial score (nSPS) is 31.8. The zero-order valence-corrected chi connectivity index (χ0v) is 19.8. The lowest BCUT2D eigenvalue weighted by molar-refractivity contribution is -0.137. The highest BCUT2D eigenvalue weighted by Crippen LogP contribution is 2.64. The maximum atomic E-state index is 13.4. The summed E-state index contributed by atoms with van der Waals surface area (Å²) in [6.45, 7) is 9.03. The molecule has 34 heavy (non-hydrogen) atoms. The topological polar surface area (TPSA) is 63.2 Å². The predicted molar refractivity (Wildman–Crippen MR) is 124 cm³/mol. The second-order valence-corrected chi connectivity index (χ2v) is 11.0. The molecule has 4 aliphatic rings. The maximum Gasteiger partial charge on any atom is 0.419 e. The zero-order chi connectivity index (χ0) is 23.8. The highest BCUT2D eigenvalue weighted by atomic mass is 19.4. The number of halogens is 3. The minimum atomic E-state index is -4.54. The summed E-state index contributed by atoms with van der Waals surface area (Å²) in [5.41, 5.74) is 6.65. The highest BCUT2D eigenvalue weighted by Gasteiger charge is 2.59. The monoisotopic (exact) mass is 474 g/mol. The van der Waals surface area contributed by atoms with Crippen molar-refractivity contribution in [2.75, 3.05) is 31.9 Å². The molecule has 9 heteroatoms. The lowest BCUT2D eigenvalue weighted by Crippen LogP contribution is -2.53. The molecule has 4 heterocycles. The van der Waals surface area contributed by atoms with E-state index in [0.717, 1.165) is 17.8 Å². The summed E-state index contributed by atoms with van der Waals surface area (Å²) in [7, 11) is 0. The molecule has 184 valence electrons. The first-order valence-corrected chi connectivity index (χ1v) is 12.6. The van der Waals surface area contributed by atoms with Gasteiger partial charge in [-0.05, 0) is 70.0 Å². The number of nitrogens with zero attached hydrogens (tertiary/aromatic N) is 5. The van der Waals surface area contributed by atoms with E-state index in [4.69, 9.17) is 10.8 Å². The third-order valence-corrected chi connectivity index (χ3v) is 8.67. The van der Waals surface area contributed by atoms with Gasteiger partial charge >= 0.3 is 6.18 Å². The molecule has 0 amide bonds. The number of hydrogen-bond donors (Lipinski definition) is 1. The van der Waals surface area contributed by atoms with Crippen LogP contribution in [0.3, 0.4) is 0 Å². The number of fused-ring (bicyclic) bond motifs is 2. The molecule has 2 aromatic rings. The number of anilines is 1.